The van der Waals surface area contributed by atoms with Crippen LogP contribution in [0.5, 0.6) is 11.5 Å². The van der Waals surface area contributed by atoms with E-state index in [-0.39, 0.29) is 11.7 Å². The molecule has 0 fully saturated rings. The van der Waals surface area contributed by atoms with E-state index in [0.717, 1.165) is 0 Å². The van der Waals surface area contributed by atoms with Gasteiger partial charge in [-0.15, -0.1) is 0 Å². The van der Waals surface area contributed by atoms with Crippen molar-refractivity contribution in [2.24, 2.45) is 0 Å². The number of ether oxygens (including phenoxy) is 3. The summed E-state index contributed by atoms with van der Waals surface area (Å²) < 4.78 is 30.4. The molecular formula is C24H29FN2O5. The molecule has 2 unspecified atom stereocenters. The van der Waals surface area contributed by atoms with Gasteiger partial charge in [0, 0.05) is 19.2 Å². The maximum atomic E-state index is 13.3. The van der Waals surface area contributed by atoms with Crippen LogP contribution in [0.3, 0.4) is 0 Å². The van der Waals surface area contributed by atoms with Crippen LogP contribution in [0, 0.1) is 5.82 Å². The molecule has 1 heterocycles. The van der Waals surface area contributed by atoms with Gasteiger partial charge in [-0.25, -0.2) is 9.18 Å². The van der Waals surface area contributed by atoms with E-state index in [9.17, 15) is 14.0 Å². The summed E-state index contributed by atoms with van der Waals surface area (Å²) in [5.41, 5.74) is 0.884. The topological polar surface area (TPSA) is 85.9 Å². The molecule has 32 heavy (non-hydrogen) atoms. The largest absolute Gasteiger partial charge is 0.494 e. The van der Waals surface area contributed by atoms with E-state index in [1.165, 1.54) is 12.1 Å². The normalized spacial score (nSPS) is 17.2. The number of rotatable bonds is 7. The predicted octanol–water partition coefficient (Wildman–Crippen LogP) is 4.08. The summed E-state index contributed by atoms with van der Waals surface area (Å²) >= 11 is 0. The van der Waals surface area contributed by atoms with Crippen molar-refractivity contribution in [1.29, 1.82) is 0 Å². The highest BCUT2D eigenvalue weighted by Crippen LogP contribution is 2.47. The standard InChI is InChI=1S/C24H29FN2O5/c1-24(2,3)32-23(29)27-12-5-13-30-17-10-11-19-18(14-17)20(22(28)26-4)21(31-19)15-6-8-16(25)9-7-15/h6-11,14,20-21H,5,12-13H2,1-4H3,(H,26,28)(H,27,29). The molecule has 3 rings (SSSR count). The molecule has 0 spiro atoms. The summed E-state index contributed by atoms with van der Waals surface area (Å²) in [7, 11) is 1.57. The molecule has 1 aliphatic heterocycles. The van der Waals surface area contributed by atoms with Crippen LogP contribution in [0.2, 0.25) is 0 Å². The Bertz CT molecular complexity index is 956. The molecule has 172 valence electrons. The number of hydrogen-bond donors (Lipinski definition) is 2. The summed E-state index contributed by atoms with van der Waals surface area (Å²) in [6.07, 6.45) is -0.435. The van der Waals surface area contributed by atoms with Gasteiger partial charge in [0.1, 0.15) is 34.9 Å². The highest BCUT2D eigenvalue weighted by atomic mass is 19.1. The van der Waals surface area contributed by atoms with Gasteiger partial charge in [-0.1, -0.05) is 12.1 Å². The summed E-state index contributed by atoms with van der Waals surface area (Å²) in [5.74, 6) is 0.0531. The van der Waals surface area contributed by atoms with Crippen molar-refractivity contribution in [3.63, 3.8) is 0 Å². The van der Waals surface area contributed by atoms with Crippen LogP contribution >= 0.6 is 0 Å². The van der Waals surface area contributed by atoms with Crippen molar-refractivity contribution >= 4 is 12.0 Å². The Morgan fingerprint density at radius 2 is 1.84 bits per heavy atom. The predicted molar refractivity (Wildman–Crippen MR) is 117 cm³/mol. The third kappa shape index (κ3) is 5.90. The third-order valence-electron chi connectivity index (χ3n) is 4.86. The molecule has 0 aromatic heterocycles. The zero-order valence-corrected chi connectivity index (χ0v) is 18.7. The van der Waals surface area contributed by atoms with Gasteiger partial charge in [-0.05, 0) is 63.1 Å². The van der Waals surface area contributed by atoms with Crippen molar-refractivity contribution in [2.75, 3.05) is 20.2 Å². The molecule has 2 amide bonds. The molecule has 0 saturated heterocycles. The van der Waals surface area contributed by atoms with Crippen LogP contribution in [0.1, 0.15) is 50.3 Å². The molecule has 0 bridgehead atoms. The van der Waals surface area contributed by atoms with Crippen molar-refractivity contribution < 1.29 is 28.2 Å². The van der Waals surface area contributed by atoms with Gasteiger partial charge >= 0.3 is 6.09 Å². The molecular weight excluding hydrogens is 415 g/mol. The molecule has 8 heteroatoms. The molecule has 2 N–H and O–H groups in total. The number of carbonyl (C=O) groups excluding carboxylic acids is 2. The summed E-state index contributed by atoms with van der Waals surface area (Å²) in [6.45, 7) is 6.21. The van der Waals surface area contributed by atoms with Gasteiger partial charge in [0.25, 0.3) is 0 Å². The van der Waals surface area contributed by atoms with Crippen LogP contribution in [-0.2, 0) is 9.53 Å². The van der Waals surface area contributed by atoms with Crippen LogP contribution in [0.25, 0.3) is 0 Å². The molecule has 2 atom stereocenters. The maximum absolute atomic E-state index is 13.3. The lowest BCUT2D eigenvalue weighted by molar-refractivity contribution is -0.123. The Morgan fingerprint density at radius 1 is 1.12 bits per heavy atom. The minimum absolute atomic E-state index is 0.197. The quantitative estimate of drug-likeness (QED) is 0.629. The van der Waals surface area contributed by atoms with Gasteiger partial charge in [-0.2, -0.15) is 0 Å². The second-order valence-corrected chi connectivity index (χ2v) is 8.51. The average Bonchev–Trinajstić information content (AvgIpc) is 3.11. The monoisotopic (exact) mass is 444 g/mol. The van der Waals surface area contributed by atoms with Crippen LogP contribution in [0.4, 0.5) is 9.18 Å². The number of halogens is 1. The van der Waals surface area contributed by atoms with Gasteiger partial charge < -0.3 is 24.8 Å². The number of amides is 2. The maximum Gasteiger partial charge on any atom is 0.407 e. The first-order valence-corrected chi connectivity index (χ1v) is 10.6. The first-order chi connectivity index (χ1) is 15.2. The number of carbonyl (C=O) groups is 2. The van der Waals surface area contributed by atoms with Crippen LogP contribution in [-0.4, -0.2) is 37.8 Å². The second-order valence-electron chi connectivity index (χ2n) is 8.51. The lowest BCUT2D eigenvalue weighted by Crippen LogP contribution is -2.33. The number of alkyl carbamates (subject to hydrolysis) is 1. The lowest BCUT2D eigenvalue weighted by atomic mass is 9.90. The van der Waals surface area contributed by atoms with E-state index < -0.39 is 23.7 Å². The highest BCUT2D eigenvalue weighted by Gasteiger charge is 2.40. The fourth-order valence-electron chi connectivity index (χ4n) is 3.45. The van der Waals surface area contributed by atoms with E-state index >= 15 is 0 Å². The second kappa shape index (κ2) is 9.89. The molecule has 2 aromatic carbocycles. The van der Waals surface area contributed by atoms with E-state index in [2.05, 4.69) is 10.6 Å². The van der Waals surface area contributed by atoms with Gasteiger partial charge in [0.05, 0.1) is 6.61 Å². The number of nitrogens with one attached hydrogen (secondary N) is 2. The van der Waals surface area contributed by atoms with E-state index in [1.807, 2.05) is 0 Å². The molecule has 1 aliphatic rings. The fourth-order valence-corrected chi connectivity index (χ4v) is 3.45. The third-order valence-corrected chi connectivity index (χ3v) is 4.86. The van der Waals surface area contributed by atoms with Gasteiger partial charge in [0.15, 0.2) is 0 Å². The molecule has 0 saturated carbocycles. The Morgan fingerprint density at radius 3 is 2.50 bits per heavy atom. The zero-order chi connectivity index (χ0) is 23.3. The van der Waals surface area contributed by atoms with Crippen molar-refractivity contribution in [1.82, 2.24) is 10.6 Å². The average molecular weight is 445 g/mol. The smallest absolute Gasteiger partial charge is 0.407 e. The van der Waals surface area contributed by atoms with Crippen LogP contribution < -0.4 is 20.1 Å². The Balaban J connectivity index is 1.62. The minimum Gasteiger partial charge on any atom is -0.494 e. The van der Waals surface area contributed by atoms with E-state index in [1.54, 1.807) is 58.2 Å². The fraction of sp³-hybridized carbons (Fsp3) is 0.417. The van der Waals surface area contributed by atoms with Gasteiger partial charge in [0.2, 0.25) is 5.91 Å². The zero-order valence-electron chi connectivity index (χ0n) is 18.7. The first kappa shape index (κ1) is 23.4. The van der Waals surface area contributed by atoms with E-state index in [4.69, 9.17) is 14.2 Å². The molecule has 7 nitrogen and oxygen atoms in total. The van der Waals surface area contributed by atoms with Crippen LogP contribution in [0.15, 0.2) is 42.5 Å². The van der Waals surface area contributed by atoms with Crippen molar-refractivity contribution in [2.45, 2.75) is 44.8 Å². The molecule has 0 aliphatic carbocycles. The number of likely N-dealkylation sites (N-methyl/N-ethyl adjacent to an activating group) is 1. The number of hydrogen-bond acceptors (Lipinski definition) is 5. The molecule has 0 radical (unpaired) electrons. The lowest BCUT2D eigenvalue weighted by Gasteiger charge is -2.19. The summed E-state index contributed by atoms with van der Waals surface area (Å²) in [6, 6.07) is 11.3. The molecule has 2 aromatic rings. The van der Waals surface area contributed by atoms with Crippen molar-refractivity contribution in [3.05, 3.63) is 59.4 Å². The number of benzene rings is 2. The van der Waals surface area contributed by atoms with E-state index in [0.29, 0.717) is 42.2 Å². The summed E-state index contributed by atoms with van der Waals surface area (Å²) in [4.78, 5) is 24.3. The highest BCUT2D eigenvalue weighted by molar-refractivity contribution is 5.86. The summed E-state index contributed by atoms with van der Waals surface area (Å²) in [5, 5.41) is 5.36. The Kier molecular flexibility index (Phi) is 7.22. The Labute approximate surface area is 187 Å². The Hall–Kier alpha value is -3.29. The number of fused-ring (bicyclic) bond motifs is 1. The first-order valence-electron chi connectivity index (χ1n) is 10.6. The van der Waals surface area contributed by atoms with Gasteiger partial charge in [-0.3, -0.25) is 4.79 Å². The van der Waals surface area contributed by atoms with Crippen molar-refractivity contribution in [3.8, 4) is 11.5 Å². The minimum atomic E-state index is -0.585. The SMILES string of the molecule is CNC(=O)C1c2cc(OCCCNC(=O)OC(C)(C)C)ccc2OC1c1ccc(F)cc1.